The summed E-state index contributed by atoms with van der Waals surface area (Å²) >= 11 is 0. The average molecular weight is 405 g/mol. The summed E-state index contributed by atoms with van der Waals surface area (Å²) in [5.41, 5.74) is -0.474. The zero-order chi connectivity index (χ0) is 20.4. The minimum absolute atomic E-state index is 0.0913. The number of benzene rings is 3. The van der Waals surface area contributed by atoms with E-state index in [0.29, 0.717) is 22.0 Å². The molecule has 6 heteroatoms. The molecule has 0 bridgehead atoms. The largest absolute Gasteiger partial charge is 0.497 e. The zero-order valence-corrected chi connectivity index (χ0v) is 16.8. The maximum Gasteiger partial charge on any atom is 0.245 e. The Balaban J connectivity index is 1.79. The van der Waals surface area contributed by atoms with Crippen molar-refractivity contribution in [3.63, 3.8) is 0 Å². The first-order valence-corrected chi connectivity index (χ1v) is 11.0. The van der Waals surface area contributed by atoms with Crippen LogP contribution in [0.2, 0.25) is 0 Å². The highest BCUT2D eigenvalue weighted by molar-refractivity contribution is 7.80. The highest BCUT2D eigenvalue weighted by atomic mass is 31.2. The lowest BCUT2D eigenvalue weighted by molar-refractivity contribution is -0.121. The molecular formula is C23H20NO4P. The summed E-state index contributed by atoms with van der Waals surface area (Å²) in [4.78, 5) is 27.3. The molecule has 146 valence electrons. The van der Waals surface area contributed by atoms with Gasteiger partial charge < -0.3 is 9.30 Å². The van der Waals surface area contributed by atoms with Crippen LogP contribution in [-0.2, 0) is 14.2 Å². The molecule has 3 aromatic carbocycles. The lowest BCUT2D eigenvalue weighted by Gasteiger charge is -2.24. The number of carbonyl (C=O) groups excluding carboxylic acids is 2. The first kappa shape index (κ1) is 19.2. The van der Waals surface area contributed by atoms with E-state index in [1.54, 1.807) is 79.9 Å². The molecule has 0 radical (unpaired) electrons. The van der Waals surface area contributed by atoms with Gasteiger partial charge in [0.2, 0.25) is 11.8 Å². The minimum Gasteiger partial charge on any atom is -0.497 e. The van der Waals surface area contributed by atoms with Crippen molar-refractivity contribution >= 4 is 35.3 Å². The normalized spacial score (nSPS) is 16.9. The van der Waals surface area contributed by atoms with Crippen LogP contribution in [0.5, 0.6) is 5.75 Å². The Morgan fingerprint density at radius 3 is 1.83 bits per heavy atom. The second-order valence-corrected chi connectivity index (χ2v) is 9.79. The predicted octanol–water partition coefficient (Wildman–Crippen LogP) is 3.34. The van der Waals surface area contributed by atoms with Gasteiger partial charge in [0.15, 0.2) is 7.14 Å². The Morgan fingerprint density at radius 1 is 0.828 bits per heavy atom. The second kappa shape index (κ2) is 7.69. The van der Waals surface area contributed by atoms with Gasteiger partial charge in [-0.25, -0.2) is 4.90 Å². The fourth-order valence-corrected chi connectivity index (χ4v) is 6.80. The van der Waals surface area contributed by atoms with Gasteiger partial charge in [0, 0.05) is 17.0 Å². The average Bonchev–Trinajstić information content (AvgIpc) is 3.08. The summed E-state index contributed by atoms with van der Waals surface area (Å²) in [7, 11) is -1.83. The lowest BCUT2D eigenvalue weighted by Crippen LogP contribution is -2.35. The second-order valence-electron chi connectivity index (χ2n) is 6.81. The monoisotopic (exact) mass is 405 g/mol. The Morgan fingerprint density at radius 2 is 1.34 bits per heavy atom. The van der Waals surface area contributed by atoms with Crippen molar-refractivity contribution in [3.8, 4) is 5.75 Å². The number of methoxy groups -OCH3 is 1. The Bertz CT molecular complexity index is 1040. The first-order chi connectivity index (χ1) is 14.1. The van der Waals surface area contributed by atoms with Gasteiger partial charge in [-0.05, 0) is 24.3 Å². The first-order valence-electron chi connectivity index (χ1n) is 9.27. The summed E-state index contributed by atoms with van der Waals surface area (Å²) in [6.45, 7) is 0. The molecule has 0 spiro atoms. The van der Waals surface area contributed by atoms with Gasteiger partial charge in [0.25, 0.3) is 0 Å². The summed E-state index contributed by atoms with van der Waals surface area (Å²) < 4.78 is 19.6. The molecule has 0 saturated carbocycles. The minimum atomic E-state index is -3.38. The smallest absolute Gasteiger partial charge is 0.245 e. The van der Waals surface area contributed by atoms with Gasteiger partial charge >= 0.3 is 0 Å². The van der Waals surface area contributed by atoms with E-state index in [0.717, 1.165) is 4.90 Å². The standard InChI is InChI=1S/C23H20NO4P/c1-28-18-14-12-17(13-15-18)24-22(25)16-21(23(24)26)29(27,19-8-4-2-5-9-19)20-10-6-3-7-11-20/h2-15,21H,16H2,1H3. The molecule has 1 aliphatic rings. The topological polar surface area (TPSA) is 63.7 Å². The Kier molecular flexibility index (Phi) is 5.08. The van der Waals surface area contributed by atoms with E-state index in [1.807, 2.05) is 12.1 Å². The van der Waals surface area contributed by atoms with E-state index >= 15 is 0 Å². The number of rotatable bonds is 5. The molecule has 1 aliphatic heterocycles. The molecule has 1 fully saturated rings. The fourth-order valence-electron chi connectivity index (χ4n) is 3.71. The highest BCUT2D eigenvalue weighted by Gasteiger charge is 2.50. The van der Waals surface area contributed by atoms with E-state index in [1.165, 1.54) is 0 Å². The fraction of sp³-hybridized carbons (Fsp3) is 0.130. The van der Waals surface area contributed by atoms with E-state index in [-0.39, 0.29) is 12.3 Å². The Labute approximate surface area is 169 Å². The summed E-state index contributed by atoms with van der Waals surface area (Å²) in [6, 6.07) is 24.6. The van der Waals surface area contributed by atoms with Crippen LogP contribution in [0, 0.1) is 0 Å². The van der Waals surface area contributed by atoms with Crippen LogP contribution in [0.4, 0.5) is 5.69 Å². The van der Waals surface area contributed by atoms with Crippen molar-refractivity contribution in [3.05, 3.63) is 84.9 Å². The van der Waals surface area contributed by atoms with Crippen molar-refractivity contribution in [2.24, 2.45) is 0 Å². The maximum absolute atomic E-state index is 14.4. The van der Waals surface area contributed by atoms with Crippen molar-refractivity contribution in [1.82, 2.24) is 0 Å². The van der Waals surface area contributed by atoms with Crippen molar-refractivity contribution in [2.45, 2.75) is 12.1 Å². The molecule has 4 rings (SSSR count). The number of amides is 2. The SMILES string of the molecule is COc1ccc(N2C(=O)CC(P(=O)(c3ccccc3)c3ccccc3)C2=O)cc1. The van der Waals surface area contributed by atoms with E-state index in [2.05, 4.69) is 0 Å². The molecule has 29 heavy (non-hydrogen) atoms. The van der Waals surface area contributed by atoms with Gasteiger partial charge in [-0.2, -0.15) is 0 Å². The number of hydrogen-bond acceptors (Lipinski definition) is 4. The number of ether oxygens (including phenoxy) is 1. The van der Waals surface area contributed by atoms with Crippen LogP contribution < -0.4 is 20.2 Å². The summed E-state index contributed by atoms with van der Waals surface area (Å²) in [5, 5.41) is 1.16. The van der Waals surface area contributed by atoms with Gasteiger partial charge in [0.1, 0.15) is 11.4 Å². The third-order valence-corrected chi connectivity index (χ3v) is 8.58. The van der Waals surface area contributed by atoms with Crippen LogP contribution in [0.15, 0.2) is 84.9 Å². The molecule has 3 aromatic rings. The van der Waals surface area contributed by atoms with Gasteiger partial charge in [-0.1, -0.05) is 60.7 Å². The van der Waals surface area contributed by atoms with Crippen molar-refractivity contribution in [2.75, 3.05) is 12.0 Å². The maximum atomic E-state index is 14.4. The van der Waals surface area contributed by atoms with Gasteiger partial charge in [0.05, 0.1) is 12.8 Å². The van der Waals surface area contributed by atoms with E-state index in [4.69, 9.17) is 4.74 Å². The molecule has 5 nitrogen and oxygen atoms in total. The third-order valence-electron chi connectivity index (χ3n) is 5.17. The van der Waals surface area contributed by atoms with Gasteiger partial charge in [-0.3, -0.25) is 9.59 Å². The Hall–Kier alpha value is -3.17. The number of anilines is 1. The highest BCUT2D eigenvalue weighted by Crippen LogP contribution is 2.53. The third kappa shape index (κ3) is 3.28. The number of nitrogens with zero attached hydrogens (tertiary/aromatic N) is 1. The lowest BCUT2D eigenvalue weighted by atomic mass is 10.3. The van der Waals surface area contributed by atoms with Crippen LogP contribution in [0.3, 0.4) is 0 Å². The summed E-state index contributed by atoms with van der Waals surface area (Å²) in [5.74, 6) is -0.155. The predicted molar refractivity (Wildman–Crippen MR) is 114 cm³/mol. The number of hydrogen-bond donors (Lipinski definition) is 0. The molecule has 0 aromatic heterocycles. The van der Waals surface area contributed by atoms with Crippen molar-refractivity contribution in [1.29, 1.82) is 0 Å². The number of imide groups is 1. The zero-order valence-electron chi connectivity index (χ0n) is 15.9. The molecule has 1 saturated heterocycles. The molecule has 1 unspecified atom stereocenters. The molecule has 0 aliphatic carbocycles. The van der Waals surface area contributed by atoms with Crippen LogP contribution in [0.25, 0.3) is 0 Å². The molecule has 1 atom stereocenters. The van der Waals surface area contributed by atoms with Crippen molar-refractivity contribution < 1.29 is 18.9 Å². The van der Waals surface area contributed by atoms with Gasteiger partial charge in [-0.15, -0.1) is 0 Å². The molecule has 1 heterocycles. The van der Waals surface area contributed by atoms with E-state index < -0.39 is 18.7 Å². The van der Waals surface area contributed by atoms with E-state index in [9.17, 15) is 14.2 Å². The molecule has 0 N–H and O–H groups in total. The molecule has 2 amide bonds. The number of carbonyl (C=O) groups is 2. The quantitative estimate of drug-likeness (QED) is 0.483. The summed E-state index contributed by atoms with van der Waals surface area (Å²) in [6.07, 6.45) is -0.0913. The van der Waals surface area contributed by atoms with Crippen LogP contribution in [-0.4, -0.2) is 24.6 Å². The van der Waals surface area contributed by atoms with Crippen LogP contribution >= 0.6 is 7.14 Å². The molecular weight excluding hydrogens is 385 g/mol. The van der Waals surface area contributed by atoms with Crippen LogP contribution in [0.1, 0.15) is 6.42 Å².